The molecule has 2 heterocycles. The Morgan fingerprint density at radius 2 is 2.06 bits per heavy atom. The highest BCUT2D eigenvalue weighted by Gasteiger charge is 2.26. The van der Waals surface area contributed by atoms with E-state index in [2.05, 4.69) is 17.1 Å². The molecule has 2 fully saturated rings. The van der Waals surface area contributed by atoms with E-state index in [1.54, 1.807) is 0 Å². The average molecular weight is 253 g/mol. The lowest BCUT2D eigenvalue weighted by Gasteiger charge is -2.36. The van der Waals surface area contributed by atoms with Crippen molar-refractivity contribution in [1.29, 1.82) is 0 Å². The Bertz CT molecular complexity index is 268. The topological polar surface area (TPSA) is 35.6 Å². The van der Waals surface area contributed by atoms with E-state index in [0.29, 0.717) is 24.4 Å². The van der Waals surface area contributed by atoms with Gasteiger partial charge in [0.1, 0.15) is 0 Å². The lowest BCUT2D eigenvalue weighted by atomic mass is 10.0. The van der Waals surface area contributed by atoms with Crippen LogP contribution in [0.5, 0.6) is 0 Å². The van der Waals surface area contributed by atoms with Gasteiger partial charge in [-0.25, -0.2) is 0 Å². The number of carbonyl (C=O) groups is 1. The van der Waals surface area contributed by atoms with Gasteiger partial charge in [-0.15, -0.1) is 0 Å². The Morgan fingerprint density at radius 3 is 2.61 bits per heavy atom. The lowest BCUT2D eigenvalue weighted by Crippen LogP contribution is -2.46. The van der Waals surface area contributed by atoms with E-state index in [-0.39, 0.29) is 0 Å². The number of piperidine rings is 1. The molecule has 0 aliphatic carbocycles. The Morgan fingerprint density at radius 1 is 1.33 bits per heavy atom. The smallest absolute Gasteiger partial charge is 0.224 e. The van der Waals surface area contributed by atoms with E-state index in [0.717, 1.165) is 45.4 Å². The highest BCUT2D eigenvalue weighted by atomic mass is 16.2. The van der Waals surface area contributed by atoms with Gasteiger partial charge in [-0.2, -0.15) is 0 Å². The summed E-state index contributed by atoms with van der Waals surface area (Å²) in [6.07, 6.45) is 5.33. The van der Waals surface area contributed by atoms with Crippen molar-refractivity contribution in [3.8, 4) is 0 Å². The molecule has 0 aromatic rings. The van der Waals surface area contributed by atoms with E-state index < -0.39 is 0 Å². The molecule has 2 aliphatic rings. The summed E-state index contributed by atoms with van der Waals surface area (Å²) in [4.78, 5) is 16.7. The number of nitrogens with zero attached hydrogens (tertiary/aromatic N) is 2. The van der Waals surface area contributed by atoms with Gasteiger partial charge >= 0.3 is 0 Å². The number of amides is 1. The van der Waals surface area contributed by atoms with Crippen LogP contribution in [0.4, 0.5) is 0 Å². The molecular weight excluding hydrogens is 226 g/mol. The molecule has 4 heteroatoms. The molecule has 1 amide bonds. The van der Waals surface area contributed by atoms with Crippen LogP contribution in [-0.2, 0) is 4.79 Å². The second-order valence-electron chi connectivity index (χ2n) is 5.67. The van der Waals surface area contributed by atoms with Crippen molar-refractivity contribution in [2.75, 3.05) is 33.2 Å². The third-order valence-corrected chi connectivity index (χ3v) is 4.53. The summed E-state index contributed by atoms with van der Waals surface area (Å²) in [5, 5.41) is 3.41. The predicted molar refractivity (Wildman–Crippen MR) is 73.5 cm³/mol. The number of hydrogen-bond acceptors (Lipinski definition) is 3. The second-order valence-corrected chi connectivity index (χ2v) is 5.67. The van der Waals surface area contributed by atoms with E-state index in [1.807, 2.05) is 11.9 Å². The Hall–Kier alpha value is -0.610. The largest absolute Gasteiger partial charge is 0.343 e. The lowest BCUT2D eigenvalue weighted by molar-refractivity contribution is -0.133. The number of carbonyl (C=O) groups excluding carboxylic acids is 1. The summed E-state index contributed by atoms with van der Waals surface area (Å²) >= 11 is 0. The Balaban J connectivity index is 1.76. The van der Waals surface area contributed by atoms with Gasteiger partial charge in [-0.3, -0.25) is 4.79 Å². The number of nitrogens with one attached hydrogen (secondary N) is 1. The molecule has 1 N–H and O–H groups in total. The van der Waals surface area contributed by atoms with Gasteiger partial charge in [0.2, 0.25) is 5.91 Å². The molecule has 0 bridgehead atoms. The zero-order chi connectivity index (χ0) is 13.0. The number of rotatable bonds is 4. The normalized spacial score (nSPS) is 26.4. The van der Waals surface area contributed by atoms with Crippen molar-refractivity contribution in [1.82, 2.24) is 15.1 Å². The summed E-state index contributed by atoms with van der Waals surface area (Å²) in [5.74, 6) is 0.323. The molecular formula is C14H27N3O. The molecule has 0 saturated carbocycles. The monoisotopic (exact) mass is 253 g/mol. The molecule has 0 spiro atoms. The van der Waals surface area contributed by atoms with Gasteiger partial charge < -0.3 is 15.1 Å². The Labute approximate surface area is 111 Å². The molecule has 0 radical (unpaired) electrons. The third-order valence-electron chi connectivity index (χ3n) is 4.53. The van der Waals surface area contributed by atoms with Crippen LogP contribution in [0, 0.1) is 0 Å². The molecule has 1 unspecified atom stereocenters. The molecule has 2 saturated heterocycles. The zero-order valence-electron chi connectivity index (χ0n) is 11.8. The first-order valence-corrected chi connectivity index (χ1v) is 7.42. The first-order chi connectivity index (χ1) is 8.70. The predicted octanol–water partition coefficient (Wildman–Crippen LogP) is 1.07. The zero-order valence-corrected chi connectivity index (χ0v) is 11.8. The van der Waals surface area contributed by atoms with Crippen LogP contribution in [0.1, 0.15) is 39.0 Å². The minimum atomic E-state index is 0.323. The maximum absolute atomic E-state index is 12.2. The highest BCUT2D eigenvalue weighted by molar-refractivity contribution is 5.77. The van der Waals surface area contributed by atoms with E-state index in [9.17, 15) is 4.79 Å². The molecule has 2 aliphatic heterocycles. The number of hydrogen-bond donors (Lipinski definition) is 1. The average Bonchev–Trinajstić information content (AvgIpc) is 2.91. The van der Waals surface area contributed by atoms with Crippen molar-refractivity contribution in [3.05, 3.63) is 0 Å². The van der Waals surface area contributed by atoms with Gasteiger partial charge in [-0.1, -0.05) is 6.92 Å². The van der Waals surface area contributed by atoms with Crippen LogP contribution >= 0.6 is 0 Å². The van der Waals surface area contributed by atoms with E-state index in [4.69, 9.17) is 0 Å². The maximum Gasteiger partial charge on any atom is 0.224 e. The quantitative estimate of drug-likeness (QED) is 0.814. The van der Waals surface area contributed by atoms with Crippen LogP contribution in [-0.4, -0.2) is 61.0 Å². The molecule has 0 aromatic carbocycles. The first kappa shape index (κ1) is 13.8. The van der Waals surface area contributed by atoms with E-state index >= 15 is 0 Å². The fourth-order valence-electron chi connectivity index (χ4n) is 3.11. The molecule has 18 heavy (non-hydrogen) atoms. The fourth-order valence-corrected chi connectivity index (χ4v) is 3.11. The van der Waals surface area contributed by atoms with E-state index in [1.165, 1.54) is 6.42 Å². The SMILES string of the molecule is CCN1CCC(N(C)C(=O)CC2CCCN2)CC1. The van der Waals surface area contributed by atoms with Gasteiger partial charge in [0, 0.05) is 38.6 Å². The van der Waals surface area contributed by atoms with Crippen LogP contribution < -0.4 is 5.32 Å². The molecule has 104 valence electrons. The summed E-state index contributed by atoms with van der Waals surface area (Å²) in [6.45, 7) is 6.70. The first-order valence-electron chi connectivity index (χ1n) is 7.42. The van der Waals surface area contributed by atoms with Crippen molar-refractivity contribution in [3.63, 3.8) is 0 Å². The van der Waals surface area contributed by atoms with Crippen LogP contribution in [0.15, 0.2) is 0 Å². The molecule has 4 nitrogen and oxygen atoms in total. The van der Waals surface area contributed by atoms with Crippen molar-refractivity contribution < 1.29 is 4.79 Å². The standard InChI is InChI=1S/C14H27N3O/c1-3-17-9-6-13(7-10-17)16(2)14(18)11-12-5-4-8-15-12/h12-13,15H,3-11H2,1-2H3. The summed E-state index contributed by atoms with van der Waals surface area (Å²) in [7, 11) is 1.99. The van der Waals surface area contributed by atoms with Gasteiger partial charge in [-0.05, 0) is 38.8 Å². The molecule has 2 rings (SSSR count). The van der Waals surface area contributed by atoms with Gasteiger partial charge in [0.05, 0.1) is 0 Å². The summed E-state index contributed by atoms with van der Waals surface area (Å²) in [6, 6.07) is 0.886. The van der Waals surface area contributed by atoms with Crippen molar-refractivity contribution in [2.45, 2.75) is 51.1 Å². The molecule has 1 atom stereocenters. The third kappa shape index (κ3) is 3.45. The van der Waals surface area contributed by atoms with Crippen LogP contribution in [0.2, 0.25) is 0 Å². The van der Waals surface area contributed by atoms with Crippen molar-refractivity contribution in [2.24, 2.45) is 0 Å². The summed E-state index contributed by atoms with van der Waals surface area (Å²) in [5.41, 5.74) is 0. The molecule has 0 aromatic heterocycles. The van der Waals surface area contributed by atoms with Gasteiger partial charge in [0.15, 0.2) is 0 Å². The number of likely N-dealkylation sites (tertiary alicyclic amines) is 1. The van der Waals surface area contributed by atoms with Crippen LogP contribution in [0.25, 0.3) is 0 Å². The second kappa shape index (κ2) is 6.53. The maximum atomic E-state index is 12.2. The fraction of sp³-hybridized carbons (Fsp3) is 0.929. The minimum absolute atomic E-state index is 0.323. The minimum Gasteiger partial charge on any atom is -0.343 e. The Kier molecular flexibility index (Phi) is 5.01. The van der Waals surface area contributed by atoms with Gasteiger partial charge in [0.25, 0.3) is 0 Å². The van der Waals surface area contributed by atoms with Crippen LogP contribution in [0.3, 0.4) is 0 Å². The summed E-state index contributed by atoms with van der Waals surface area (Å²) < 4.78 is 0. The highest BCUT2D eigenvalue weighted by Crippen LogP contribution is 2.17. The van der Waals surface area contributed by atoms with Crippen molar-refractivity contribution >= 4 is 5.91 Å².